The molecule has 1 aromatic heterocycles. The fraction of sp³-hybridized carbons (Fsp3) is 0.367. The van der Waals surface area contributed by atoms with Crippen molar-refractivity contribution in [2.75, 3.05) is 13.2 Å². The van der Waals surface area contributed by atoms with Crippen molar-refractivity contribution >= 4 is 22.8 Å². The molecule has 0 atom stereocenters. The number of para-hydroxylation sites is 1. The Balaban J connectivity index is 1.45. The minimum atomic E-state index is -0.535. The Morgan fingerprint density at radius 1 is 1.11 bits per heavy atom. The van der Waals surface area contributed by atoms with Crippen LogP contribution in [0, 0.1) is 17.6 Å². The molecular formula is C30H32F2N4O. The van der Waals surface area contributed by atoms with Gasteiger partial charge in [-0.1, -0.05) is 24.3 Å². The molecule has 0 radical (unpaired) electrons. The topological polar surface area (TPSA) is 73.4 Å². The van der Waals surface area contributed by atoms with Crippen LogP contribution in [0.5, 0.6) is 0 Å². The third-order valence-corrected chi connectivity index (χ3v) is 7.42. The Morgan fingerprint density at radius 2 is 1.84 bits per heavy atom. The van der Waals surface area contributed by atoms with Crippen LogP contribution >= 0.6 is 0 Å². The van der Waals surface area contributed by atoms with Gasteiger partial charge in [-0.2, -0.15) is 0 Å². The molecule has 2 heterocycles. The van der Waals surface area contributed by atoms with E-state index in [1.807, 2.05) is 18.2 Å². The average Bonchev–Trinajstić information content (AvgIpc) is 2.92. The van der Waals surface area contributed by atoms with Gasteiger partial charge in [-0.05, 0) is 74.6 Å². The van der Waals surface area contributed by atoms with E-state index in [-0.39, 0.29) is 17.5 Å². The number of fused-ring (bicyclic) bond motifs is 1. The number of nitrogens with two attached hydrogens (primary N) is 1. The second-order valence-electron chi connectivity index (χ2n) is 9.99. The summed E-state index contributed by atoms with van der Waals surface area (Å²) in [7, 11) is 0. The van der Waals surface area contributed by atoms with Crippen molar-refractivity contribution in [2.45, 2.75) is 51.0 Å². The van der Waals surface area contributed by atoms with Crippen molar-refractivity contribution in [1.29, 1.82) is 0 Å². The standard InChI is InChI=1S/C30H32F2N4O/c1-19-5-7-23(8-6-19)34-17-22(16-33)29-18-35-28-4-2-3-24(30(28)36-29)21-14-26(31)25(27(32)15-21)13-20-9-11-37-12-10-20/h2-4,14-18,20,23H,1,5-13,33H2. The minimum Gasteiger partial charge on any atom is -0.404 e. The fourth-order valence-electron chi connectivity index (χ4n) is 5.14. The maximum Gasteiger partial charge on any atom is 0.129 e. The molecule has 1 saturated heterocycles. The van der Waals surface area contributed by atoms with Crippen molar-refractivity contribution in [2.24, 2.45) is 16.6 Å². The van der Waals surface area contributed by atoms with E-state index in [0.717, 1.165) is 38.5 Å². The first-order valence-electron chi connectivity index (χ1n) is 13.0. The summed E-state index contributed by atoms with van der Waals surface area (Å²) in [6.45, 7) is 5.34. The summed E-state index contributed by atoms with van der Waals surface area (Å²) >= 11 is 0. The zero-order valence-electron chi connectivity index (χ0n) is 20.9. The Hall–Kier alpha value is -3.45. The molecular weight excluding hydrogens is 470 g/mol. The molecule has 0 amide bonds. The number of hydrogen-bond acceptors (Lipinski definition) is 5. The van der Waals surface area contributed by atoms with Crippen LogP contribution in [0.1, 0.15) is 49.8 Å². The van der Waals surface area contributed by atoms with Crippen molar-refractivity contribution in [1.82, 2.24) is 9.97 Å². The normalized spacial score (nSPS) is 18.2. The summed E-state index contributed by atoms with van der Waals surface area (Å²) in [5.74, 6) is -0.843. The second kappa shape index (κ2) is 11.3. The first-order valence-corrected chi connectivity index (χ1v) is 13.0. The van der Waals surface area contributed by atoms with Crippen LogP contribution in [0.25, 0.3) is 27.7 Å². The summed E-state index contributed by atoms with van der Waals surface area (Å²) in [5.41, 5.74) is 10.8. The fourth-order valence-corrected chi connectivity index (χ4v) is 5.14. The number of hydrogen-bond donors (Lipinski definition) is 1. The van der Waals surface area contributed by atoms with Gasteiger partial charge in [-0.3, -0.25) is 9.98 Å². The lowest BCUT2D eigenvalue weighted by molar-refractivity contribution is 0.0660. The van der Waals surface area contributed by atoms with Crippen LogP contribution in [-0.2, 0) is 11.2 Å². The van der Waals surface area contributed by atoms with Gasteiger partial charge in [0, 0.05) is 42.3 Å². The van der Waals surface area contributed by atoms with Crippen molar-refractivity contribution < 1.29 is 13.5 Å². The van der Waals surface area contributed by atoms with E-state index < -0.39 is 11.6 Å². The zero-order valence-corrected chi connectivity index (χ0v) is 20.9. The van der Waals surface area contributed by atoms with Crippen molar-refractivity contribution in [3.8, 4) is 11.1 Å². The third-order valence-electron chi connectivity index (χ3n) is 7.42. The predicted octanol–water partition coefficient (Wildman–Crippen LogP) is 6.41. The number of aliphatic imine (C=N–C) groups is 1. The van der Waals surface area contributed by atoms with Crippen LogP contribution in [0.4, 0.5) is 8.78 Å². The SMILES string of the molecule is C=C1CCC(N=CC(=CN)c2cnc3cccc(-c4cc(F)c(CC5CCOCC5)c(F)c4)c3n2)CC1. The van der Waals surface area contributed by atoms with Gasteiger partial charge in [0.1, 0.15) is 11.6 Å². The maximum absolute atomic E-state index is 15.2. The molecule has 0 unspecified atom stereocenters. The molecule has 0 spiro atoms. The van der Waals surface area contributed by atoms with E-state index in [4.69, 9.17) is 20.4 Å². The van der Waals surface area contributed by atoms with Gasteiger partial charge in [-0.15, -0.1) is 0 Å². The summed E-state index contributed by atoms with van der Waals surface area (Å²) in [6.07, 6.45) is 10.8. The summed E-state index contributed by atoms with van der Waals surface area (Å²) in [4.78, 5) is 14.1. The number of aromatic nitrogens is 2. The van der Waals surface area contributed by atoms with Gasteiger partial charge < -0.3 is 10.5 Å². The maximum atomic E-state index is 15.2. The van der Waals surface area contributed by atoms with E-state index >= 15 is 8.78 Å². The van der Waals surface area contributed by atoms with Crippen LogP contribution in [0.15, 0.2) is 59.9 Å². The number of ether oxygens (including phenoxy) is 1. The minimum absolute atomic E-state index is 0.138. The zero-order chi connectivity index (χ0) is 25.8. The average molecular weight is 503 g/mol. The molecule has 3 aromatic rings. The lowest BCUT2D eigenvalue weighted by Crippen LogP contribution is -2.18. The molecule has 1 aliphatic carbocycles. The lowest BCUT2D eigenvalue weighted by Gasteiger charge is -2.22. The highest BCUT2D eigenvalue weighted by Crippen LogP contribution is 2.32. The highest BCUT2D eigenvalue weighted by Gasteiger charge is 2.21. The van der Waals surface area contributed by atoms with E-state index in [1.165, 1.54) is 23.9 Å². The highest BCUT2D eigenvalue weighted by molar-refractivity contribution is 6.09. The molecule has 2 aliphatic rings. The van der Waals surface area contributed by atoms with Crippen LogP contribution in [0.2, 0.25) is 0 Å². The van der Waals surface area contributed by atoms with Crippen LogP contribution < -0.4 is 5.73 Å². The van der Waals surface area contributed by atoms with Crippen molar-refractivity contribution in [3.63, 3.8) is 0 Å². The molecule has 2 N–H and O–H groups in total. The summed E-state index contributed by atoms with van der Waals surface area (Å²) in [6, 6.07) is 8.49. The molecule has 1 aliphatic heterocycles. The summed E-state index contributed by atoms with van der Waals surface area (Å²) in [5, 5.41) is 0. The van der Waals surface area contributed by atoms with Gasteiger partial charge in [0.15, 0.2) is 0 Å². The Bertz CT molecular complexity index is 1330. The van der Waals surface area contributed by atoms with E-state index in [2.05, 4.69) is 11.6 Å². The van der Waals surface area contributed by atoms with Crippen molar-refractivity contribution in [3.05, 3.63) is 77.8 Å². The van der Waals surface area contributed by atoms with Gasteiger partial charge in [0.25, 0.3) is 0 Å². The summed E-state index contributed by atoms with van der Waals surface area (Å²) < 4.78 is 35.7. The number of allylic oxidation sites excluding steroid dienone is 2. The third kappa shape index (κ3) is 5.77. The molecule has 37 heavy (non-hydrogen) atoms. The van der Waals surface area contributed by atoms with Gasteiger partial charge in [-0.25, -0.2) is 13.8 Å². The molecule has 5 rings (SSSR count). The predicted molar refractivity (Wildman–Crippen MR) is 144 cm³/mol. The second-order valence-corrected chi connectivity index (χ2v) is 9.99. The highest BCUT2D eigenvalue weighted by atomic mass is 19.1. The Morgan fingerprint density at radius 3 is 2.54 bits per heavy atom. The molecule has 7 heteroatoms. The molecule has 0 bridgehead atoms. The molecule has 2 fully saturated rings. The van der Waals surface area contributed by atoms with Gasteiger partial charge in [0.2, 0.25) is 0 Å². The molecule has 2 aromatic carbocycles. The largest absolute Gasteiger partial charge is 0.404 e. The molecule has 1 saturated carbocycles. The number of nitrogens with zero attached hydrogens (tertiary/aromatic N) is 3. The smallest absolute Gasteiger partial charge is 0.129 e. The molecule has 192 valence electrons. The van der Waals surface area contributed by atoms with Crippen LogP contribution in [-0.4, -0.2) is 35.4 Å². The van der Waals surface area contributed by atoms with E-state index in [1.54, 1.807) is 12.4 Å². The van der Waals surface area contributed by atoms with E-state index in [9.17, 15) is 0 Å². The first-order chi connectivity index (χ1) is 18.0. The first kappa shape index (κ1) is 25.2. The lowest BCUT2D eigenvalue weighted by atomic mass is 9.90. The quantitative estimate of drug-likeness (QED) is 0.312. The van der Waals surface area contributed by atoms with Crippen LogP contribution in [0.3, 0.4) is 0 Å². The van der Waals surface area contributed by atoms with Gasteiger partial charge >= 0.3 is 0 Å². The van der Waals surface area contributed by atoms with E-state index in [0.29, 0.717) is 53.1 Å². The van der Waals surface area contributed by atoms with Gasteiger partial charge in [0.05, 0.1) is 29.0 Å². The molecule has 5 nitrogen and oxygen atoms in total. The Kier molecular flexibility index (Phi) is 7.70. The number of rotatable bonds is 6. The number of halogens is 2. The Labute approximate surface area is 216 Å². The number of benzene rings is 2. The monoisotopic (exact) mass is 502 g/mol.